The first-order valence-corrected chi connectivity index (χ1v) is 2.29. The van der Waals surface area contributed by atoms with Gasteiger partial charge in [0.15, 0.2) is 0 Å². The van der Waals surface area contributed by atoms with Crippen LogP contribution in [0, 0.1) is 0 Å². The molecule has 3 N–H and O–H groups in total. The molecule has 0 aliphatic rings. The molecule has 0 radical (unpaired) electrons. The number of carboxylic acids is 1. The largest absolute Gasteiger partial charge is 0.478 e. The molecule has 0 amide bonds. The lowest BCUT2D eigenvalue weighted by molar-refractivity contribution is -0.131. The maximum absolute atomic E-state index is 9.76. The normalized spacial score (nSPS) is 14.2. The Kier molecular flexibility index (Phi) is 2.88. The van der Waals surface area contributed by atoms with E-state index in [1.807, 2.05) is 0 Å². The minimum atomic E-state index is -0.956. The molecule has 0 spiro atoms. The molecule has 0 saturated heterocycles. The molecule has 1 atom stereocenters. The van der Waals surface area contributed by atoms with Gasteiger partial charge in [-0.3, -0.25) is 0 Å². The minimum Gasteiger partial charge on any atom is -0.478 e. The number of carboxylic acid groups (broad SMARTS) is 1. The van der Waals surface area contributed by atoms with Crippen LogP contribution in [0.5, 0.6) is 0 Å². The molecule has 46 valence electrons. The summed E-state index contributed by atoms with van der Waals surface area (Å²) in [6.45, 7) is 1.71. The molecule has 0 aromatic carbocycles. The van der Waals surface area contributed by atoms with E-state index < -0.39 is 5.97 Å². The molecule has 0 rings (SSSR count). The highest BCUT2D eigenvalue weighted by molar-refractivity contribution is 5.79. The van der Waals surface area contributed by atoms with Gasteiger partial charge >= 0.3 is 5.97 Å². The second-order valence-electron chi connectivity index (χ2n) is 1.56. The van der Waals surface area contributed by atoms with E-state index in [0.717, 1.165) is 6.08 Å². The number of hydrogen-bond donors (Lipinski definition) is 2. The Hall–Kier alpha value is -0.830. The average Bonchev–Trinajstić information content (AvgIpc) is 1.61. The molecule has 0 saturated carbocycles. The monoisotopic (exact) mass is 115 g/mol. The van der Waals surface area contributed by atoms with Crippen LogP contribution < -0.4 is 5.73 Å². The highest BCUT2D eigenvalue weighted by Gasteiger charge is 1.86. The number of hydrogen-bond acceptors (Lipinski definition) is 2. The molecule has 3 heteroatoms. The highest BCUT2D eigenvalue weighted by Crippen LogP contribution is 1.77. The second kappa shape index (κ2) is 3.21. The highest BCUT2D eigenvalue weighted by atomic mass is 16.4. The first-order chi connectivity index (χ1) is 3.63. The van der Waals surface area contributed by atoms with Gasteiger partial charge in [0, 0.05) is 12.1 Å². The summed E-state index contributed by atoms with van der Waals surface area (Å²) >= 11 is 0. The molecular weight excluding hydrogens is 106 g/mol. The molecule has 3 nitrogen and oxygen atoms in total. The zero-order valence-corrected chi connectivity index (χ0v) is 4.66. The average molecular weight is 115 g/mol. The van der Waals surface area contributed by atoms with Crippen LogP contribution in [0.3, 0.4) is 0 Å². The Labute approximate surface area is 47.8 Å². The Morgan fingerprint density at radius 2 is 2.38 bits per heavy atom. The number of aliphatic carboxylic acids is 1. The van der Waals surface area contributed by atoms with Crippen molar-refractivity contribution in [3.05, 3.63) is 12.2 Å². The summed E-state index contributed by atoms with van der Waals surface area (Å²) in [5.74, 6) is -0.956. The van der Waals surface area contributed by atoms with E-state index >= 15 is 0 Å². The third-order valence-electron chi connectivity index (χ3n) is 0.542. The summed E-state index contributed by atoms with van der Waals surface area (Å²) in [6.07, 6.45) is 2.45. The Balaban J connectivity index is 3.50. The van der Waals surface area contributed by atoms with Crippen molar-refractivity contribution < 1.29 is 9.90 Å². The van der Waals surface area contributed by atoms with Gasteiger partial charge in [0.25, 0.3) is 0 Å². The van der Waals surface area contributed by atoms with Gasteiger partial charge in [0.2, 0.25) is 0 Å². The molecule has 0 aliphatic carbocycles. The third-order valence-corrected chi connectivity index (χ3v) is 0.542. The molecule has 8 heavy (non-hydrogen) atoms. The van der Waals surface area contributed by atoms with Crippen molar-refractivity contribution in [1.82, 2.24) is 0 Å². The van der Waals surface area contributed by atoms with Crippen LogP contribution in [0.15, 0.2) is 12.2 Å². The molecule has 0 aromatic rings. The van der Waals surface area contributed by atoms with Gasteiger partial charge in [0.05, 0.1) is 0 Å². The number of carbonyl (C=O) groups is 1. The first-order valence-electron chi connectivity index (χ1n) is 2.29. The quantitative estimate of drug-likeness (QED) is 0.497. The summed E-state index contributed by atoms with van der Waals surface area (Å²) in [6, 6.07) is -0.175. The van der Waals surface area contributed by atoms with E-state index in [4.69, 9.17) is 10.8 Å². The minimum absolute atomic E-state index is 0.175. The number of nitrogens with two attached hydrogens (primary N) is 1. The Morgan fingerprint density at radius 1 is 1.88 bits per heavy atom. The van der Waals surface area contributed by atoms with Crippen molar-refractivity contribution in [3.8, 4) is 0 Å². The van der Waals surface area contributed by atoms with Crippen molar-refractivity contribution in [2.75, 3.05) is 0 Å². The third kappa shape index (κ3) is 5.17. The van der Waals surface area contributed by atoms with Crippen LogP contribution in [0.1, 0.15) is 6.92 Å². The second-order valence-corrected chi connectivity index (χ2v) is 1.56. The maximum atomic E-state index is 9.76. The summed E-state index contributed by atoms with van der Waals surface area (Å²) in [7, 11) is 0. The Bertz CT molecular complexity index is 107. The van der Waals surface area contributed by atoms with Crippen LogP contribution in [-0.2, 0) is 4.79 Å². The molecule has 0 heterocycles. The van der Waals surface area contributed by atoms with Crippen molar-refractivity contribution in [1.29, 1.82) is 0 Å². The zero-order chi connectivity index (χ0) is 6.57. The molecule has 0 unspecified atom stereocenters. The summed E-state index contributed by atoms with van der Waals surface area (Å²) in [5.41, 5.74) is 5.19. The number of rotatable bonds is 2. The van der Waals surface area contributed by atoms with E-state index in [-0.39, 0.29) is 6.04 Å². The van der Waals surface area contributed by atoms with Crippen LogP contribution in [0.4, 0.5) is 0 Å². The van der Waals surface area contributed by atoms with Crippen molar-refractivity contribution in [2.24, 2.45) is 5.73 Å². The smallest absolute Gasteiger partial charge is 0.328 e. The van der Waals surface area contributed by atoms with Crippen molar-refractivity contribution >= 4 is 5.97 Å². The van der Waals surface area contributed by atoms with Gasteiger partial charge in [-0.15, -0.1) is 0 Å². The fourth-order valence-electron chi connectivity index (χ4n) is 0.234. The van der Waals surface area contributed by atoms with Gasteiger partial charge in [-0.1, -0.05) is 6.08 Å². The molecule has 0 aromatic heterocycles. The van der Waals surface area contributed by atoms with Crippen LogP contribution >= 0.6 is 0 Å². The van der Waals surface area contributed by atoms with Gasteiger partial charge in [-0.2, -0.15) is 0 Å². The van der Waals surface area contributed by atoms with Crippen LogP contribution in [0.2, 0.25) is 0 Å². The Morgan fingerprint density at radius 3 is 2.50 bits per heavy atom. The van der Waals surface area contributed by atoms with E-state index in [1.54, 1.807) is 6.92 Å². The summed E-state index contributed by atoms with van der Waals surface area (Å²) in [5, 5.41) is 8.02. The summed E-state index contributed by atoms with van der Waals surface area (Å²) < 4.78 is 0. The SMILES string of the molecule is C[C@@H](N)C=CC(=O)O. The molecule has 0 aliphatic heterocycles. The van der Waals surface area contributed by atoms with Gasteiger partial charge in [0.1, 0.15) is 0 Å². The van der Waals surface area contributed by atoms with Gasteiger partial charge < -0.3 is 10.8 Å². The summed E-state index contributed by atoms with van der Waals surface area (Å²) in [4.78, 5) is 9.76. The van der Waals surface area contributed by atoms with E-state index in [2.05, 4.69) is 0 Å². The lowest BCUT2D eigenvalue weighted by Gasteiger charge is -1.89. The lowest BCUT2D eigenvalue weighted by Crippen LogP contribution is -2.10. The fourth-order valence-corrected chi connectivity index (χ4v) is 0.234. The molecule has 0 fully saturated rings. The van der Waals surface area contributed by atoms with Crippen molar-refractivity contribution in [3.63, 3.8) is 0 Å². The fraction of sp³-hybridized carbons (Fsp3) is 0.400. The van der Waals surface area contributed by atoms with Gasteiger partial charge in [-0.05, 0) is 6.92 Å². The predicted molar refractivity (Wildman–Crippen MR) is 30.4 cm³/mol. The molecule has 0 bridgehead atoms. The van der Waals surface area contributed by atoms with Crippen LogP contribution in [-0.4, -0.2) is 17.1 Å². The van der Waals surface area contributed by atoms with Gasteiger partial charge in [-0.25, -0.2) is 4.79 Å². The van der Waals surface area contributed by atoms with Crippen molar-refractivity contribution in [2.45, 2.75) is 13.0 Å². The standard InChI is InChI=1S/C5H9NO2/c1-4(6)2-3-5(7)8/h2-4H,6H2,1H3,(H,7,8)/t4-/m1/s1. The first kappa shape index (κ1) is 7.17. The zero-order valence-electron chi connectivity index (χ0n) is 4.66. The lowest BCUT2D eigenvalue weighted by atomic mass is 10.3. The molecular formula is C5H9NO2. The van der Waals surface area contributed by atoms with E-state index in [0.29, 0.717) is 0 Å². The topological polar surface area (TPSA) is 63.3 Å². The van der Waals surface area contributed by atoms with E-state index in [1.165, 1.54) is 6.08 Å². The predicted octanol–water partition coefficient (Wildman–Crippen LogP) is -0.0256. The van der Waals surface area contributed by atoms with Crippen LogP contribution in [0.25, 0.3) is 0 Å². The van der Waals surface area contributed by atoms with E-state index in [9.17, 15) is 4.79 Å². The maximum Gasteiger partial charge on any atom is 0.328 e.